The summed E-state index contributed by atoms with van der Waals surface area (Å²) in [5, 5.41) is 0. The van der Waals surface area contributed by atoms with Gasteiger partial charge in [0.15, 0.2) is 0 Å². The molecule has 0 aromatic carbocycles. The molecule has 5 heteroatoms. The van der Waals surface area contributed by atoms with Gasteiger partial charge in [-0.1, -0.05) is 20.8 Å². The Morgan fingerprint density at radius 3 is 1.75 bits per heavy atom. The van der Waals surface area contributed by atoms with Crippen LogP contribution < -0.4 is 0 Å². The molecule has 1 fully saturated rings. The maximum absolute atomic E-state index is 6.08. The average Bonchev–Trinajstić information content (AvgIpc) is 2.42. The van der Waals surface area contributed by atoms with Crippen molar-refractivity contribution in [3.05, 3.63) is 0 Å². The second-order valence-electron chi connectivity index (χ2n) is 5.52. The minimum atomic E-state index is -2.45. The Labute approximate surface area is 125 Å². The average molecular weight is 305 g/mol. The van der Waals surface area contributed by atoms with Crippen LogP contribution in [0.15, 0.2) is 0 Å². The Morgan fingerprint density at radius 2 is 1.40 bits per heavy atom. The molecule has 120 valence electrons. The SMILES string of the molecule is CCCO[Si](CCCC1COC1)(OCCC)OCCC. The Bertz CT molecular complexity index is 212. The van der Waals surface area contributed by atoms with Crippen molar-refractivity contribution in [1.29, 1.82) is 0 Å². The number of hydrogen-bond donors (Lipinski definition) is 0. The molecule has 0 atom stereocenters. The highest BCUT2D eigenvalue weighted by Crippen LogP contribution is 2.24. The van der Waals surface area contributed by atoms with E-state index < -0.39 is 8.80 Å². The van der Waals surface area contributed by atoms with Gasteiger partial charge in [-0.3, -0.25) is 0 Å². The van der Waals surface area contributed by atoms with Crippen LogP contribution in [0, 0.1) is 5.92 Å². The third-order valence-electron chi connectivity index (χ3n) is 3.38. The van der Waals surface area contributed by atoms with E-state index in [0.717, 1.165) is 70.7 Å². The summed E-state index contributed by atoms with van der Waals surface area (Å²) >= 11 is 0. The molecule has 0 aromatic rings. The third kappa shape index (κ3) is 6.67. The summed E-state index contributed by atoms with van der Waals surface area (Å²) < 4.78 is 23.5. The molecule has 20 heavy (non-hydrogen) atoms. The molecule has 0 radical (unpaired) electrons. The molecule has 0 saturated carbocycles. The van der Waals surface area contributed by atoms with Crippen molar-refractivity contribution >= 4 is 8.80 Å². The second-order valence-corrected chi connectivity index (χ2v) is 8.26. The van der Waals surface area contributed by atoms with Gasteiger partial charge in [0, 0.05) is 31.8 Å². The number of rotatable bonds is 13. The Hall–Kier alpha value is 0.0569. The zero-order chi connectivity index (χ0) is 14.7. The molecule has 0 spiro atoms. The van der Waals surface area contributed by atoms with Gasteiger partial charge in [-0.15, -0.1) is 0 Å². The number of hydrogen-bond acceptors (Lipinski definition) is 4. The summed E-state index contributed by atoms with van der Waals surface area (Å²) in [5.74, 6) is 0.741. The zero-order valence-corrected chi connectivity index (χ0v) is 14.5. The van der Waals surface area contributed by atoms with E-state index in [9.17, 15) is 0 Å². The Kier molecular flexibility index (Phi) is 9.72. The topological polar surface area (TPSA) is 36.9 Å². The Morgan fingerprint density at radius 1 is 0.900 bits per heavy atom. The van der Waals surface area contributed by atoms with Crippen LogP contribution in [0.3, 0.4) is 0 Å². The minimum Gasteiger partial charge on any atom is -0.381 e. The molecule has 1 aliphatic rings. The lowest BCUT2D eigenvalue weighted by atomic mass is 10.0. The van der Waals surface area contributed by atoms with Crippen LogP contribution >= 0.6 is 0 Å². The molecular weight excluding hydrogens is 272 g/mol. The molecule has 0 aromatic heterocycles. The fourth-order valence-electron chi connectivity index (χ4n) is 2.17. The van der Waals surface area contributed by atoms with Gasteiger partial charge in [0.2, 0.25) is 0 Å². The van der Waals surface area contributed by atoms with Crippen LogP contribution in [-0.4, -0.2) is 41.8 Å². The van der Waals surface area contributed by atoms with Crippen LogP contribution in [0.5, 0.6) is 0 Å². The Balaban J connectivity index is 2.45. The van der Waals surface area contributed by atoms with Crippen molar-refractivity contribution in [3.63, 3.8) is 0 Å². The van der Waals surface area contributed by atoms with Gasteiger partial charge in [-0.2, -0.15) is 0 Å². The maximum atomic E-state index is 6.08. The van der Waals surface area contributed by atoms with Gasteiger partial charge in [-0.25, -0.2) is 0 Å². The van der Waals surface area contributed by atoms with Gasteiger partial charge in [0.1, 0.15) is 0 Å². The second kappa shape index (κ2) is 10.7. The van der Waals surface area contributed by atoms with Crippen LogP contribution in [-0.2, 0) is 18.0 Å². The summed E-state index contributed by atoms with van der Waals surface area (Å²) in [6.45, 7) is 10.5. The first kappa shape index (κ1) is 18.1. The van der Waals surface area contributed by atoms with E-state index in [-0.39, 0.29) is 0 Å². The van der Waals surface area contributed by atoms with E-state index >= 15 is 0 Å². The predicted molar refractivity (Wildman–Crippen MR) is 82.8 cm³/mol. The molecule has 0 unspecified atom stereocenters. The third-order valence-corrected chi connectivity index (χ3v) is 6.28. The lowest BCUT2D eigenvalue weighted by Crippen LogP contribution is -2.46. The van der Waals surface area contributed by atoms with Crippen LogP contribution in [0.4, 0.5) is 0 Å². The first-order valence-corrected chi connectivity index (χ1v) is 10.2. The molecule has 4 nitrogen and oxygen atoms in total. The first-order valence-electron chi connectivity index (χ1n) is 8.26. The van der Waals surface area contributed by atoms with Crippen LogP contribution in [0.25, 0.3) is 0 Å². The standard InChI is InChI=1S/C15H32O4Si/c1-4-9-17-20(18-10-5-2,19-11-6-3)12-7-8-15-13-16-14-15/h15H,4-14H2,1-3H3. The predicted octanol–water partition coefficient (Wildman–Crippen LogP) is 3.63. The molecule has 1 aliphatic heterocycles. The highest BCUT2D eigenvalue weighted by Gasteiger charge is 2.40. The van der Waals surface area contributed by atoms with E-state index in [1.807, 2.05) is 0 Å². The van der Waals surface area contributed by atoms with Crippen molar-refractivity contribution in [2.75, 3.05) is 33.0 Å². The van der Waals surface area contributed by atoms with Crippen LogP contribution in [0.1, 0.15) is 52.9 Å². The summed E-state index contributed by atoms with van der Waals surface area (Å²) in [7, 11) is -2.45. The van der Waals surface area contributed by atoms with Crippen molar-refractivity contribution < 1.29 is 18.0 Å². The lowest BCUT2D eigenvalue weighted by Gasteiger charge is -2.31. The van der Waals surface area contributed by atoms with E-state index in [0.29, 0.717) is 0 Å². The van der Waals surface area contributed by atoms with Gasteiger partial charge < -0.3 is 18.0 Å². The molecule has 0 aliphatic carbocycles. The van der Waals surface area contributed by atoms with Crippen molar-refractivity contribution in [1.82, 2.24) is 0 Å². The maximum Gasteiger partial charge on any atom is 0.500 e. The molecule has 0 N–H and O–H groups in total. The van der Waals surface area contributed by atoms with Gasteiger partial charge in [0.25, 0.3) is 0 Å². The highest BCUT2D eigenvalue weighted by molar-refractivity contribution is 6.60. The number of ether oxygens (including phenoxy) is 1. The largest absolute Gasteiger partial charge is 0.500 e. The van der Waals surface area contributed by atoms with Crippen molar-refractivity contribution in [2.45, 2.75) is 58.9 Å². The summed E-state index contributed by atoms with van der Waals surface area (Å²) in [4.78, 5) is 0. The van der Waals surface area contributed by atoms with E-state index in [2.05, 4.69) is 20.8 Å². The molecule has 0 bridgehead atoms. The highest BCUT2D eigenvalue weighted by atomic mass is 28.4. The summed E-state index contributed by atoms with van der Waals surface area (Å²) in [6.07, 6.45) is 5.36. The molecule has 1 heterocycles. The summed E-state index contributed by atoms with van der Waals surface area (Å²) in [5.41, 5.74) is 0. The van der Waals surface area contributed by atoms with Crippen molar-refractivity contribution in [3.8, 4) is 0 Å². The molecule has 1 rings (SSSR count). The fraction of sp³-hybridized carbons (Fsp3) is 1.00. The minimum absolute atomic E-state index is 0.741. The van der Waals surface area contributed by atoms with Gasteiger partial charge in [0.05, 0.1) is 13.2 Å². The quantitative estimate of drug-likeness (QED) is 0.487. The lowest BCUT2D eigenvalue weighted by molar-refractivity contribution is -0.0365. The van der Waals surface area contributed by atoms with E-state index in [4.69, 9.17) is 18.0 Å². The molecule has 1 saturated heterocycles. The normalized spacial score (nSPS) is 16.4. The fourth-order valence-corrected chi connectivity index (χ4v) is 5.04. The summed E-state index contributed by atoms with van der Waals surface area (Å²) in [6, 6.07) is 0.948. The van der Waals surface area contributed by atoms with Gasteiger partial charge >= 0.3 is 8.80 Å². The zero-order valence-electron chi connectivity index (χ0n) is 13.5. The van der Waals surface area contributed by atoms with E-state index in [1.165, 1.54) is 6.42 Å². The van der Waals surface area contributed by atoms with Gasteiger partial charge in [-0.05, 0) is 32.1 Å². The molecule has 0 amide bonds. The monoisotopic (exact) mass is 304 g/mol. The molecular formula is C15H32O4Si. The van der Waals surface area contributed by atoms with Crippen LogP contribution in [0.2, 0.25) is 6.04 Å². The van der Waals surface area contributed by atoms with Crippen molar-refractivity contribution in [2.24, 2.45) is 5.92 Å². The first-order chi connectivity index (χ1) is 9.76. The van der Waals surface area contributed by atoms with E-state index in [1.54, 1.807) is 0 Å². The smallest absolute Gasteiger partial charge is 0.381 e.